The summed E-state index contributed by atoms with van der Waals surface area (Å²) >= 11 is 0. The second-order valence-electron chi connectivity index (χ2n) is 6.21. The minimum atomic E-state index is -0.204. The quantitative estimate of drug-likeness (QED) is 0.871. The maximum absolute atomic E-state index is 12.5. The summed E-state index contributed by atoms with van der Waals surface area (Å²) in [4.78, 5) is 21.1. The van der Waals surface area contributed by atoms with Crippen LogP contribution in [0, 0.1) is 0 Å². The molecule has 0 radical (unpaired) electrons. The average Bonchev–Trinajstić information content (AvgIpc) is 2.63. The number of rotatable bonds is 5. The van der Waals surface area contributed by atoms with E-state index in [1.807, 2.05) is 24.3 Å². The second-order valence-corrected chi connectivity index (χ2v) is 6.21. The Hall–Kier alpha value is -2.43. The van der Waals surface area contributed by atoms with Crippen LogP contribution in [0.1, 0.15) is 55.1 Å². The smallest absolute Gasteiger partial charge is 0.274 e. The molecule has 1 aromatic carbocycles. The molecule has 0 atom stereocenters. The Labute approximate surface area is 142 Å². The van der Waals surface area contributed by atoms with Crippen molar-refractivity contribution in [3.63, 3.8) is 0 Å². The molecule has 2 N–H and O–H groups in total. The van der Waals surface area contributed by atoms with Crippen LogP contribution in [-0.4, -0.2) is 21.9 Å². The van der Waals surface area contributed by atoms with Gasteiger partial charge in [-0.05, 0) is 37.0 Å². The fourth-order valence-electron chi connectivity index (χ4n) is 3.12. The SMILES string of the molecule is CCc1ccccc1NC(=O)c1ccnc(NC2CCCCC2)n1. The highest BCUT2D eigenvalue weighted by Gasteiger charge is 2.15. The van der Waals surface area contributed by atoms with Crippen LogP contribution >= 0.6 is 0 Å². The third-order valence-corrected chi connectivity index (χ3v) is 4.47. The van der Waals surface area contributed by atoms with Crippen molar-refractivity contribution < 1.29 is 4.79 Å². The van der Waals surface area contributed by atoms with Gasteiger partial charge in [-0.15, -0.1) is 0 Å². The van der Waals surface area contributed by atoms with Crippen molar-refractivity contribution in [1.29, 1.82) is 0 Å². The number of benzene rings is 1. The number of aryl methyl sites for hydroxylation is 1. The van der Waals surface area contributed by atoms with E-state index in [9.17, 15) is 4.79 Å². The van der Waals surface area contributed by atoms with Gasteiger partial charge in [-0.2, -0.15) is 0 Å². The summed E-state index contributed by atoms with van der Waals surface area (Å²) in [6.45, 7) is 2.07. The van der Waals surface area contributed by atoms with Crippen molar-refractivity contribution in [3.05, 3.63) is 47.8 Å². The largest absolute Gasteiger partial charge is 0.351 e. The summed E-state index contributed by atoms with van der Waals surface area (Å²) in [5, 5.41) is 6.31. The summed E-state index contributed by atoms with van der Waals surface area (Å²) < 4.78 is 0. The zero-order valence-electron chi connectivity index (χ0n) is 14.1. The molecule has 0 saturated heterocycles. The highest BCUT2D eigenvalue weighted by Crippen LogP contribution is 2.20. The first-order valence-electron chi connectivity index (χ1n) is 8.75. The Balaban J connectivity index is 1.69. The van der Waals surface area contributed by atoms with E-state index in [-0.39, 0.29) is 5.91 Å². The first-order chi connectivity index (χ1) is 11.8. The minimum absolute atomic E-state index is 0.204. The van der Waals surface area contributed by atoms with Gasteiger partial charge in [0.15, 0.2) is 0 Å². The Morgan fingerprint density at radius 3 is 2.75 bits per heavy atom. The molecular weight excluding hydrogens is 300 g/mol. The van der Waals surface area contributed by atoms with Gasteiger partial charge >= 0.3 is 0 Å². The molecule has 1 amide bonds. The van der Waals surface area contributed by atoms with Crippen molar-refractivity contribution in [2.24, 2.45) is 0 Å². The molecule has 1 aliphatic carbocycles. The molecule has 2 aromatic rings. The van der Waals surface area contributed by atoms with Crippen LogP contribution in [0.5, 0.6) is 0 Å². The molecule has 126 valence electrons. The average molecular weight is 324 g/mol. The molecule has 0 bridgehead atoms. The van der Waals surface area contributed by atoms with E-state index in [2.05, 4.69) is 27.5 Å². The highest BCUT2D eigenvalue weighted by molar-refractivity contribution is 6.03. The molecule has 0 unspecified atom stereocenters. The third kappa shape index (κ3) is 4.10. The molecule has 1 saturated carbocycles. The van der Waals surface area contributed by atoms with Crippen molar-refractivity contribution in [1.82, 2.24) is 9.97 Å². The van der Waals surface area contributed by atoms with Crippen LogP contribution in [0.25, 0.3) is 0 Å². The fourth-order valence-corrected chi connectivity index (χ4v) is 3.12. The van der Waals surface area contributed by atoms with Crippen LogP contribution < -0.4 is 10.6 Å². The van der Waals surface area contributed by atoms with E-state index in [0.29, 0.717) is 17.7 Å². The molecule has 3 rings (SSSR count). The summed E-state index contributed by atoms with van der Waals surface area (Å²) in [5.41, 5.74) is 2.33. The zero-order valence-corrected chi connectivity index (χ0v) is 14.1. The standard InChI is InChI=1S/C19H24N4O/c1-2-14-8-6-7-11-16(14)22-18(24)17-12-13-20-19(23-17)21-15-9-4-3-5-10-15/h6-8,11-13,15H,2-5,9-10H2,1H3,(H,22,24)(H,20,21,23). The van der Waals surface area contributed by atoms with Crippen LogP contribution in [0.2, 0.25) is 0 Å². The Morgan fingerprint density at radius 1 is 1.17 bits per heavy atom. The normalized spacial score (nSPS) is 15.0. The van der Waals surface area contributed by atoms with Gasteiger partial charge in [0.2, 0.25) is 5.95 Å². The van der Waals surface area contributed by atoms with E-state index in [4.69, 9.17) is 0 Å². The molecule has 0 aliphatic heterocycles. The predicted octanol–water partition coefficient (Wildman–Crippen LogP) is 4.04. The lowest BCUT2D eigenvalue weighted by molar-refractivity contribution is 0.102. The van der Waals surface area contributed by atoms with E-state index in [0.717, 1.165) is 30.5 Å². The van der Waals surface area contributed by atoms with E-state index < -0.39 is 0 Å². The minimum Gasteiger partial charge on any atom is -0.351 e. The van der Waals surface area contributed by atoms with Gasteiger partial charge in [0, 0.05) is 17.9 Å². The summed E-state index contributed by atoms with van der Waals surface area (Å²) in [6.07, 6.45) is 8.58. The van der Waals surface area contributed by atoms with Gasteiger partial charge in [0.05, 0.1) is 0 Å². The summed E-state index contributed by atoms with van der Waals surface area (Å²) in [5.74, 6) is 0.336. The van der Waals surface area contributed by atoms with E-state index in [1.165, 1.54) is 19.3 Å². The van der Waals surface area contributed by atoms with E-state index in [1.54, 1.807) is 12.3 Å². The lowest BCUT2D eigenvalue weighted by Crippen LogP contribution is -2.24. The maximum Gasteiger partial charge on any atom is 0.274 e. The van der Waals surface area contributed by atoms with Gasteiger partial charge in [-0.3, -0.25) is 4.79 Å². The van der Waals surface area contributed by atoms with Crippen molar-refractivity contribution in [3.8, 4) is 0 Å². The zero-order chi connectivity index (χ0) is 16.8. The number of para-hydroxylation sites is 1. The molecule has 5 heteroatoms. The lowest BCUT2D eigenvalue weighted by atomic mass is 9.96. The second kappa shape index (κ2) is 7.90. The number of amides is 1. The molecule has 0 spiro atoms. The van der Waals surface area contributed by atoms with E-state index >= 15 is 0 Å². The summed E-state index contributed by atoms with van der Waals surface area (Å²) in [6, 6.07) is 9.90. The number of nitrogens with one attached hydrogen (secondary N) is 2. The Morgan fingerprint density at radius 2 is 1.96 bits per heavy atom. The monoisotopic (exact) mass is 324 g/mol. The first-order valence-corrected chi connectivity index (χ1v) is 8.75. The van der Waals surface area contributed by atoms with Crippen LogP contribution in [-0.2, 0) is 6.42 Å². The number of carbonyl (C=O) groups is 1. The molecule has 1 aliphatic rings. The number of anilines is 2. The topological polar surface area (TPSA) is 66.9 Å². The van der Waals surface area contributed by atoms with Gasteiger partial charge in [-0.1, -0.05) is 44.4 Å². The molecule has 1 heterocycles. The van der Waals surface area contributed by atoms with Crippen molar-refractivity contribution >= 4 is 17.5 Å². The lowest BCUT2D eigenvalue weighted by Gasteiger charge is -2.22. The number of nitrogens with zero attached hydrogens (tertiary/aromatic N) is 2. The van der Waals surface area contributed by atoms with Gasteiger partial charge in [-0.25, -0.2) is 9.97 Å². The maximum atomic E-state index is 12.5. The number of aromatic nitrogens is 2. The number of hydrogen-bond donors (Lipinski definition) is 2. The van der Waals surface area contributed by atoms with Crippen LogP contribution in [0.4, 0.5) is 11.6 Å². The molecule has 24 heavy (non-hydrogen) atoms. The molecule has 1 aromatic heterocycles. The first kappa shape index (κ1) is 16.4. The van der Waals surface area contributed by atoms with Gasteiger partial charge in [0.25, 0.3) is 5.91 Å². The van der Waals surface area contributed by atoms with Gasteiger partial charge in [0.1, 0.15) is 5.69 Å². The third-order valence-electron chi connectivity index (χ3n) is 4.47. The van der Waals surface area contributed by atoms with Crippen molar-refractivity contribution in [2.75, 3.05) is 10.6 Å². The molecular formula is C19H24N4O. The molecule has 5 nitrogen and oxygen atoms in total. The van der Waals surface area contributed by atoms with Crippen LogP contribution in [0.15, 0.2) is 36.5 Å². The Kier molecular flexibility index (Phi) is 5.41. The predicted molar refractivity (Wildman–Crippen MR) is 96.3 cm³/mol. The Bertz CT molecular complexity index is 695. The highest BCUT2D eigenvalue weighted by atomic mass is 16.1. The number of carbonyl (C=O) groups excluding carboxylic acids is 1. The van der Waals surface area contributed by atoms with Crippen LogP contribution in [0.3, 0.4) is 0 Å². The van der Waals surface area contributed by atoms with Gasteiger partial charge < -0.3 is 10.6 Å². The number of hydrogen-bond acceptors (Lipinski definition) is 4. The fraction of sp³-hybridized carbons (Fsp3) is 0.421. The molecule has 1 fully saturated rings. The summed E-state index contributed by atoms with van der Waals surface area (Å²) in [7, 11) is 0. The van der Waals surface area contributed by atoms with Crippen molar-refractivity contribution in [2.45, 2.75) is 51.5 Å².